The number of aryl methyl sites for hydroxylation is 1. The number of methoxy groups -OCH3 is 1. The van der Waals surface area contributed by atoms with Gasteiger partial charge in [0.05, 0.1) is 7.11 Å². The Kier molecular flexibility index (Phi) is 5.67. The number of ether oxygens (including phenoxy) is 1. The fraction of sp³-hybridized carbons (Fsp3) is 0.412. The van der Waals surface area contributed by atoms with Gasteiger partial charge in [-0.2, -0.15) is 9.37 Å². The molecule has 112 valence electrons. The van der Waals surface area contributed by atoms with Crippen molar-refractivity contribution < 1.29 is 9.13 Å². The van der Waals surface area contributed by atoms with Crippen molar-refractivity contribution in [2.75, 3.05) is 7.11 Å². The number of hydrogen-bond acceptors (Lipinski definition) is 3. The summed E-state index contributed by atoms with van der Waals surface area (Å²) < 4.78 is 19.1. The van der Waals surface area contributed by atoms with Gasteiger partial charge in [-0.05, 0) is 37.1 Å². The monoisotopic (exact) mass is 288 g/mol. The van der Waals surface area contributed by atoms with Gasteiger partial charge in [0.25, 0.3) is 0 Å². The molecular formula is C17H21FN2O. The van der Waals surface area contributed by atoms with Crippen LogP contribution in [0.15, 0.2) is 30.5 Å². The molecule has 0 radical (unpaired) electrons. The largest absolute Gasteiger partial charge is 0.497 e. The second-order valence-electron chi connectivity index (χ2n) is 5.05. The van der Waals surface area contributed by atoms with Crippen LogP contribution in [-0.4, -0.2) is 17.1 Å². The van der Waals surface area contributed by atoms with Gasteiger partial charge in [0.1, 0.15) is 5.75 Å². The van der Waals surface area contributed by atoms with E-state index in [0.717, 1.165) is 24.2 Å². The lowest BCUT2D eigenvalue weighted by molar-refractivity contribution is 0.415. The van der Waals surface area contributed by atoms with E-state index in [-0.39, 0.29) is 0 Å². The Labute approximate surface area is 125 Å². The summed E-state index contributed by atoms with van der Waals surface area (Å²) in [5.41, 5.74) is 1.38. The molecule has 0 aliphatic carbocycles. The fourth-order valence-corrected chi connectivity index (χ4v) is 2.18. The zero-order valence-electron chi connectivity index (χ0n) is 12.6. The minimum atomic E-state index is -0.410. The van der Waals surface area contributed by atoms with E-state index >= 15 is 0 Å². The molecule has 0 aliphatic heterocycles. The predicted octanol–water partition coefficient (Wildman–Crippen LogP) is 4.41. The first-order valence-electron chi connectivity index (χ1n) is 7.40. The molecule has 1 aromatic heterocycles. The van der Waals surface area contributed by atoms with Crippen molar-refractivity contribution in [1.29, 1.82) is 0 Å². The molecule has 0 spiro atoms. The van der Waals surface area contributed by atoms with Gasteiger partial charge in [0.15, 0.2) is 5.82 Å². The van der Waals surface area contributed by atoms with Crippen molar-refractivity contribution in [3.63, 3.8) is 0 Å². The molecule has 0 atom stereocenters. The Morgan fingerprint density at radius 3 is 2.48 bits per heavy atom. The zero-order chi connectivity index (χ0) is 15.1. The van der Waals surface area contributed by atoms with Crippen LogP contribution in [0.4, 0.5) is 4.39 Å². The van der Waals surface area contributed by atoms with Crippen LogP contribution in [0, 0.1) is 5.95 Å². The van der Waals surface area contributed by atoms with Gasteiger partial charge in [-0.3, -0.25) is 0 Å². The standard InChI is InChI=1S/C17H21FN2O/c1-3-4-5-6-7-14-12-19-17(20-16(14)18)13-8-10-15(21-2)11-9-13/h8-12H,3-7H2,1-2H3. The molecule has 4 heteroatoms. The number of hydrogen-bond donors (Lipinski definition) is 0. The molecule has 2 rings (SSSR count). The molecule has 0 amide bonds. The summed E-state index contributed by atoms with van der Waals surface area (Å²) >= 11 is 0. The quantitative estimate of drug-likeness (QED) is 0.559. The highest BCUT2D eigenvalue weighted by molar-refractivity contribution is 5.56. The van der Waals surface area contributed by atoms with Crippen molar-refractivity contribution in [2.45, 2.75) is 39.0 Å². The molecule has 0 unspecified atom stereocenters. The van der Waals surface area contributed by atoms with E-state index in [4.69, 9.17) is 4.74 Å². The zero-order valence-corrected chi connectivity index (χ0v) is 12.6. The first-order valence-corrected chi connectivity index (χ1v) is 7.40. The van der Waals surface area contributed by atoms with E-state index < -0.39 is 5.95 Å². The lowest BCUT2D eigenvalue weighted by Gasteiger charge is -2.05. The van der Waals surface area contributed by atoms with Gasteiger partial charge < -0.3 is 4.74 Å². The summed E-state index contributed by atoms with van der Waals surface area (Å²) in [4.78, 5) is 8.25. The van der Waals surface area contributed by atoms with Gasteiger partial charge in [0.2, 0.25) is 5.95 Å². The Balaban J connectivity index is 2.06. The van der Waals surface area contributed by atoms with Crippen LogP contribution < -0.4 is 4.74 Å². The Bertz CT molecular complexity index is 570. The van der Waals surface area contributed by atoms with Gasteiger partial charge in [-0.25, -0.2) is 4.98 Å². The van der Waals surface area contributed by atoms with Gasteiger partial charge in [0, 0.05) is 17.3 Å². The van der Waals surface area contributed by atoms with Crippen LogP contribution in [-0.2, 0) is 6.42 Å². The third-order valence-corrected chi connectivity index (χ3v) is 3.46. The Morgan fingerprint density at radius 1 is 1.10 bits per heavy atom. The average Bonchev–Trinajstić information content (AvgIpc) is 2.53. The van der Waals surface area contributed by atoms with Crippen LogP contribution in [0.2, 0.25) is 0 Å². The Hall–Kier alpha value is -1.97. The minimum Gasteiger partial charge on any atom is -0.497 e. The molecule has 0 aliphatic rings. The molecule has 2 aromatic rings. The van der Waals surface area contributed by atoms with Crippen molar-refractivity contribution >= 4 is 0 Å². The van der Waals surface area contributed by atoms with Crippen molar-refractivity contribution in [3.8, 4) is 17.1 Å². The summed E-state index contributed by atoms with van der Waals surface area (Å²) in [7, 11) is 1.61. The molecule has 0 N–H and O–H groups in total. The van der Waals surface area contributed by atoms with Gasteiger partial charge in [-0.15, -0.1) is 0 Å². The molecule has 21 heavy (non-hydrogen) atoms. The van der Waals surface area contributed by atoms with Crippen molar-refractivity contribution in [1.82, 2.24) is 9.97 Å². The van der Waals surface area contributed by atoms with E-state index in [9.17, 15) is 4.39 Å². The maximum absolute atomic E-state index is 14.0. The summed E-state index contributed by atoms with van der Waals surface area (Å²) in [5, 5.41) is 0. The smallest absolute Gasteiger partial charge is 0.219 e. The second kappa shape index (κ2) is 7.72. The highest BCUT2D eigenvalue weighted by Gasteiger charge is 2.08. The van der Waals surface area contributed by atoms with Crippen molar-refractivity contribution in [2.24, 2.45) is 0 Å². The summed E-state index contributed by atoms with van der Waals surface area (Å²) in [5.74, 6) is 0.756. The van der Waals surface area contributed by atoms with E-state index in [1.807, 2.05) is 24.3 Å². The highest BCUT2D eigenvalue weighted by Crippen LogP contribution is 2.20. The molecule has 0 bridgehead atoms. The maximum atomic E-state index is 14.0. The number of aromatic nitrogens is 2. The molecule has 1 aromatic carbocycles. The second-order valence-corrected chi connectivity index (χ2v) is 5.05. The van der Waals surface area contributed by atoms with Crippen LogP contribution >= 0.6 is 0 Å². The Morgan fingerprint density at radius 2 is 1.86 bits per heavy atom. The molecule has 0 fully saturated rings. The summed E-state index contributed by atoms with van der Waals surface area (Å²) in [6, 6.07) is 7.29. The van der Waals surface area contributed by atoms with Gasteiger partial charge in [-0.1, -0.05) is 26.2 Å². The lowest BCUT2D eigenvalue weighted by atomic mass is 10.1. The molecule has 3 nitrogen and oxygen atoms in total. The van der Waals surface area contributed by atoms with Crippen LogP contribution in [0.3, 0.4) is 0 Å². The lowest BCUT2D eigenvalue weighted by Crippen LogP contribution is -1.99. The number of rotatable bonds is 7. The van der Waals surface area contributed by atoms with Crippen LogP contribution in [0.25, 0.3) is 11.4 Å². The molecule has 0 saturated carbocycles. The number of halogens is 1. The van der Waals surface area contributed by atoms with E-state index in [0.29, 0.717) is 17.8 Å². The van der Waals surface area contributed by atoms with Crippen molar-refractivity contribution in [3.05, 3.63) is 42.0 Å². The first-order chi connectivity index (χ1) is 10.2. The fourth-order valence-electron chi connectivity index (χ4n) is 2.18. The summed E-state index contributed by atoms with van der Waals surface area (Å²) in [6.45, 7) is 2.16. The number of unbranched alkanes of at least 4 members (excludes halogenated alkanes) is 3. The number of nitrogens with zero attached hydrogens (tertiary/aromatic N) is 2. The minimum absolute atomic E-state index is 0.410. The van der Waals surface area contributed by atoms with Crippen LogP contribution in [0.5, 0.6) is 5.75 Å². The highest BCUT2D eigenvalue weighted by atomic mass is 19.1. The maximum Gasteiger partial charge on any atom is 0.219 e. The first kappa shape index (κ1) is 15.4. The number of benzene rings is 1. The van der Waals surface area contributed by atoms with E-state index in [1.165, 1.54) is 12.8 Å². The summed E-state index contributed by atoms with van der Waals surface area (Å²) in [6.07, 6.45) is 6.77. The SMILES string of the molecule is CCCCCCc1cnc(-c2ccc(OC)cc2)nc1F. The predicted molar refractivity (Wildman–Crippen MR) is 81.8 cm³/mol. The third-order valence-electron chi connectivity index (χ3n) is 3.46. The van der Waals surface area contributed by atoms with E-state index in [1.54, 1.807) is 13.3 Å². The topological polar surface area (TPSA) is 35.0 Å². The molecule has 1 heterocycles. The molecular weight excluding hydrogens is 267 g/mol. The normalized spacial score (nSPS) is 10.6. The average molecular weight is 288 g/mol. The third kappa shape index (κ3) is 4.25. The van der Waals surface area contributed by atoms with E-state index in [2.05, 4.69) is 16.9 Å². The van der Waals surface area contributed by atoms with Crippen LogP contribution in [0.1, 0.15) is 38.2 Å². The molecule has 0 saturated heterocycles. The van der Waals surface area contributed by atoms with Gasteiger partial charge >= 0.3 is 0 Å².